The number of rotatable bonds is 5. The number of carbonyl (C=O) groups is 1. The highest BCUT2D eigenvalue weighted by Gasteiger charge is 2.10. The predicted octanol–water partition coefficient (Wildman–Crippen LogP) is 2.48. The summed E-state index contributed by atoms with van der Waals surface area (Å²) in [6.45, 7) is 0.132. The Kier molecular flexibility index (Phi) is 4.70. The lowest BCUT2D eigenvalue weighted by Crippen LogP contribution is -2.26. The van der Waals surface area contributed by atoms with E-state index in [1.165, 1.54) is 7.11 Å². The zero-order valence-electron chi connectivity index (χ0n) is 14.0. The van der Waals surface area contributed by atoms with Crippen LogP contribution in [0.25, 0.3) is 10.9 Å². The third-order valence-electron chi connectivity index (χ3n) is 3.90. The first kappa shape index (κ1) is 16.6. The minimum atomic E-state index is -0.256. The first-order valence-corrected chi connectivity index (χ1v) is 7.73. The third kappa shape index (κ3) is 3.47. The fourth-order valence-electron chi connectivity index (χ4n) is 2.58. The molecule has 2 N–H and O–H groups in total. The van der Waals surface area contributed by atoms with E-state index < -0.39 is 0 Å². The van der Waals surface area contributed by atoms with Crippen LogP contribution in [-0.2, 0) is 6.54 Å². The van der Waals surface area contributed by atoms with E-state index in [1.54, 1.807) is 49.6 Å². The number of amides is 1. The molecular formula is C19H18N2O4. The molecule has 1 aromatic heterocycles. The maximum Gasteiger partial charge on any atom is 0.253 e. The molecule has 0 fully saturated rings. The van der Waals surface area contributed by atoms with Crippen LogP contribution >= 0.6 is 0 Å². The third-order valence-corrected chi connectivity index (χ3v) is 3.90. The number of nitrogens with one attached hydrogen (secondary N) is 2. The molecule has 0 radical (unpaired) electrons. The number of aromatic amines is 1. The molecule has 0 saturated carbocycles. The van der Waals surface area contributed by atoms with Gasteiger partial charge in [-0.1, -0.05) is 18.2 Å². The van der Waals surface area contributed by atoms with E-state index >= 15 is 0 Å². The average molecular weight is 338 g/mol. The topological polar surface area (TPSA) is 80.4 Å². The monoisotopic (exact) mass is 338 g/mol. The maximum absolute atomic E-state index is 12.3. The van der Waals surface area contributed by atoms with Crippen molar-refractivity contribution in [3.8, 4) is 11.5 Å². The van der Waals surface area contributed by atoms with Crippen LogP contribution in [-0.4, -0.2) is 25.1 Å². The molecule has 0 spiro atoms. The van der Waals surface area contributed by atoms with Crippen LogP contribution < -0.4 is 20.3 Å². The van der Waals surface area contributed by atoms with Gasteiger partial charge in [0.25, 0.3) is 11.5 Å². The van der Waals surface area contributed by atoms with Crippen LogP contribution in [0, 0.1) is 0 Å². The summed E-state index contributed by atoms with van der Waals surface area (Å²) in [6.07, 6.45) is 0. The van der Waals surface area contributed by atoms with Gasteiger partial charge < -0.3 is 19.8 Å². The lowest BCUT2D eigenvalue weighted by molar-refractivity contribution is 0.0951. The van der Waals surface area contributed by atoms with Gasteiger partial charge in [0, 0.05) is 29.1 Å². The van der Waals surface area contributed by atoms with Crippen molar-refractivity contribution in [2.24, 2.45) is 0 Å². The van der Waals surface area contributed by atoms with E-state index in [4.69, 9.17) is 9.47 Å². The van der Waals surface area contributed by atoms with Crippen LogP contribution in [0.4, 0.5) is 0 Å². The first-order chi connectivity index (χ1) is 12.1. The number of H-pyrrole nitrogens is 1. The second-order valence-electron chi connectivity index (χ2n) is 5.47. The van der Waals surface area contributed by atoms with Gasteiger partial charge in [0.05, 0.1) is 19.7 Å². The van der Waals surface area contributed by atoms with Gasteiger partial charge in [0.15, 0.2) is 11.5 Å². The minimum absolute atomic E-state index is 0.132. The summed E-state index contributed by atoms with van der Waals surface area (Å²) in [5.41, 5.74) is 1.39. The Balaban J connectivity index is 1.88. The van der Waals surface area contributed by atoms with Gasteiger partial charge in [-0.05, 0) is 24.3 Å². The summed E-state index contributed by atoms with van der Waals surface area (Å²) >= 11 is 0. The number of benzene rings is 2. The predicted molar refractivity (Wildman–Crippen MR) is 95.3 cm³/mol. The van der Waals surface area contributed by atoms with Crippen molar-refractivity contribution in [3.63, 3.8) is 0 Å². The van der Waals surface area contributed by atoms with Crippen molar-refractivity contribution >= 4 is 16.8 Å². The second-order valence-corrected chi connectivity index (χ2v) is 5.47. The minimum Gasteiger partial charge on any atom is -0.493 e. The lowest BCUT2D eigenvalue weighted by atomic mass is 10.1. The summed E-state index contributed by atoms with van der Waals surface area (Å²) < 4.78 is 10.5. The Hall–Kier alpha value is -3.28. The number of ether oxygens (including phenoxy) is 2. The fourth-order valence-corrected chi connectivity index (χ4v) is 2.58. The Morgan fingerprint density at radius 1 is 1.04 bits per heavy atom. The first-order valence-electron chi connectivity index (χ1n) is 7.73. The maximum atomic E-state index is 12.3. The number of fused-ring (bicyclic) bond motifs is 1. The van der Waals surface area contributed by atoms with Gasteiger partial charge in [0.2, 0.25) is 0 Å². The standard InChI is InChI=1S/C19H18N2O4/c1-24-16-9-13-8-14(19(23)21-15(13)10-17(16)25-2)11-20-18(22)12-6-4-3-5-7-12/h3-10H,11H2,1-2H3,(H,20,22)(H,21,23). The molecule has 6 heteroatoms. The Bertz CT molecular complexity index is 964. The van der Waals surface area contributed by atoms with Gasteiger partial charge >= 0.3 is 0 Å². The quantitative estimate of drug-likeness (QED) is 0.749. The van der Waals surface area contributed by atoms with Crippen LogP contribution in [0.5, 0.6) is 11.5 Å². The average Bonchev–Trinajstić information content (AvgIpc) is 2.65. The van der Waals surface area contributed by atoms with Gasteiger partial charge in [-0.2, -0.15) is 0 Å². The molecule has 1 amide bonds. The van der Waals surface area contributed by atoms with E-state index in [0.29, 0.717) is 28.1 Å². The SMILES string of the molecule is COc1cc2cc(CNC(=O)c3ccccc3)c(=O)[nH]c2cc1OC. The molecule has 0 bridgehead atoms. The van der Waals surface area contributed by atoms with Crippen molar-refractivity contribution in [1.29, 1.82) is 0 Å². The molecule has 1 heterocycles. The van der Waals surface area contributed by atoms with Crippen LogP contribution in [0.15, 0.2) is 53.3 Å². The molecule has 0 unspecified atom stereocenters. The molecule has 0 aliphatic rings. The van der Waals surface area contributed by atoms with Crippen molar-refractivity contribution in [1.82, 2.24) is 10.3 Å². The van der Waals surface area contributed by atoms with E-state index in [9.17, 15) is 9.59 Å². The lowest BCUT2D eigenvalue weighted by Gasteiger charge is -2.10. The molecule has 0 aliphatic carbocycles. The largest absolute Gasteiger partial charge is 0.493 e. The van der Waals surface area contributed by atoms with E-state index in [1.807, 2.05) is 6.07 Å². The molecule has 6 nitrogen and oxygen atoms in total. The summed E-state index contributed by atoms with van der Waals surface area (Å²) in [7, 11) is 3.09. The normalized spacial score (nSPS) is 10.5. The van der Waals surface area contributed by atoms with Crippen molar-refractivity contribution in [3.05, 3.63) is 70.0 Å². The number of methoxy groups -OCH3 is 2. The highest BCUT2D eigenvalue weighted by atomic mass is 16.5. The van der Waals surface area contributed by atoms with Gasteiger partial charge in [0.1, 0.15) is 0 Å². The van der Waals surface area contributed by atoms with Crippen LogP contribution in [0.3, 0.4) is 0 Å². The molecule has 0 atom stereocenters. The fraction of sp³-hybridized carbons (Fsp3) is 0.158. The molecule has 2 aromatic carbocycles. The van der Waals surface area contributed by atoms with Crippen molar-refractivity contribution in [2.45, 2.75) is 6.54 Å². The number of hydrogen-bond acceptors (Lipinski definition) is 4. The smallest absolute Gasteiger partial charge is 0.253 e. The molecule has 3 aromatic rings. The highest BCUT2D eigenvalue weighted by molar-refractivity contribution is 5.94. The Morgan fingerprint density at radius 3 is 2.40 bits per heavy atom. The molecule has 3 rings (SSSR count). The highest BCUT2D eigenvalue weighted by Crippen LogP contribution is 2.30. The zero-order valence-corrected chi connectivity index (χ0v) is 14.0. The van der Waals surface area contributed by atoms with Crippen molar-refractivity contribution < 1.29 is 14.3 Å². The summed E-state index contributed by atoms with van der Waals surface area (Å²) in [5, 5.41) is 3.55. The molecule has 128 valence electrons. The molecule has 25 heavy (non-hydrogen) atoms. The van der Waals surface area contributed by atoms with Gasteiger partial charge in [-0.3, -0.25) is 9.59 Å². The Morgan fingerprint density at radius 2 is 1.72 bits per heavy atom. The summed E-state index contributed by atoms with van der Waals surface area (Å²) in [6, 6.07) is 14.1. The summed E-state index contributed by atoms with van der Waals surface area (Å²) in [5.74, 6) is 0.879. The number of carbonyl (C=O) groups excluding carboxylic acids is 1. The van der Waals surface area contributed by atoms with Crippen molar-refractivity contribution in [2.75, 3.05) is 14.2 Å². The van der Waals surface area contributed by atoms with Crippen LogP contribution in [0.1, 0.15) is 15.9 Å². The van der Waals surface area contributed by atoms with Crippen LogP contribution in [0.2, 0.25) is 0 Å². The van der Waals surface area contributed by atoms with E-state index in [-0.39, 0.29) is 18.0 Å². The summed E-state index contributed by atoms with van der Waals surface area (Å²) in [4.78, 5) is 27.2. The Labute approximate surface area is 144 Å². The van der Waals surface area contributed by atoms with Gasteiger partial charge in [-0.15, -0.1) is 0 Å². The molecular weight excluding hydrogens is 320 g/mol. The van der Waals surface area contributed by atoms with E-state index in [0.717, 1.165) is 5.39 Å². The zero-order chi connectivity index (χ0) is 17.8. The number of pyridine rings is 1. The number of aromatic nitrogens is 1. The molecule has 0 saturated heterocycles. The second kappa shape index (κ2) is 7.09. The molecule has 0 aliphatic heterocycles. The van der Waals surface area contributed by atoms with E-state index in [2.05, 4.69) is 10.3 Å². The van der Waals surface area contributed by atoms with Gasteiger partial charge in [-0.25, -0.2) is 0 Å². The number of hydrogen-bond donors (Lipinski definition) is 2.